The first-order chi connectivity index (χ1) is 10.4. The van der Waals surface area contributed by atoms with Crippen LogP contribution < -0.4 is 11.1 Å². The van der Waals surface area contributed by atoms with Gasteiger partial charge < -0.3 is 16.2 Å². The Hall–Kier alpha value is -0.810. The van der Waals surface area contributed by atoms with Crippen molar-refractivity contribution in [2.75, 3.05) is 0 Å². The lowest BCUT2D eigenvalue weighted by Gasteiger charge is -2.46. The van der Waals surface area contributed by atoms with Crippen LogP contribution in [0.3, 0.4) is 0 Å². The molecule has 6 heteroatoms. The molecular formula is C16H26ClN3O2. The Balaban J connectivity index is 1.89. The number of rotatable bonds is 2. The minimum Gasteiger partial charge on any atom is -0.385 e. The first-order valence-corrected chi connectivity index (χ1v) is 8.84. The summed E-state index contributed by atoms with van der Waals surface area (Å²) in [7, 11) is 0. The minimum absolute atomic E-state index is 0.0110. The molecule has 0 radical (unpaired) electrons. The number of nitrogens with one attached hydrogen (secondary N) is 1. The summed E-state index contributed by atoms with van der Waals surface area (Å²) in [6.07, 6.45) is 6.44. The van der Waals surface area contributed by atoms with Gasteiger partial charge in [0.25, 0.3) is 0 Å². The summed E-state index contributed by atoms with van der Waals surface area (Å²) in [5, 5.41) is 14.6. The lowest BCUT2D eigenvalue weighted by Crippen LogP contribution is -2.61. The summed E-state index contributed by atoms with van der Waals surface area (Å²) in [6, 6.07) is 0.0550. The maximum absolute atomic E-state index is 11.5. The van der Waals surface area contributed by atoms with Crippen molar-refractivity contribution >= 4 is 23.3 Å². The van der Waals surface area contributed by atoms with Crippen LogP contribution in [0.25, 0.3) is 0 Å². The molecule has 0 aromatic rings. The van der Waals surface area contributed by atoms with Crippen LogP contribution in [-0.2, 0) is 4.79 Å². The van der Waals surface area contributed by atoms with Gasteiger partial charge in [0.1, 0.15) is 11.4 Å². The van der Waals surface area contributed by atoms with E-state index in [2.05, 4.69) is 10.3 Å². The summed E-state index contributed by atoms with van der Waals surface area (Å²) < 4.78 is 0. The number of amides is 1. The van der Waals surface area contributed by atoms with E-state index in [-0.39, 0.29) is 35.2 Å². The van der Waals surface area contributed by atoms with Gasteiger partial charge in [-0.1, -0.05) is 12.8 Å². The minimum atomic E-state index is -1.12. The number of aliphatic hydroxyl groups is 1. The number of alkyl halides is 1. The molecule has 0 aromatic heterocycles. The normalized spacial score (nSPS) is 45.0. The summed E-state index contributed by atoms with van der Waals surface area (Å²) >= 11 is 6.35. The van der Waals surface area contributed by atoms with E-state index in [1.54, 1.807) is 0 Å². The number of carbonyl (C=O) groups is 1. The fourth-order valence-electron chi connectivity index (χ4n) is 4.76. The second-order valence-electron chi connectivity index (χ2n) is 7.12. The van der Waals surface area contributed by atoms with Gasteiger partial charge in [-0.05, 0) is 32.1 Å². The van der Waals surface area contributed by atoms with Gasteiger partial charge in [-0.3, -0.25) is 9.79 Å². The van der Waals surface area contributed by atoms with Crippen molar-refractivity contribution in [3.05, 3.63) is 0 Å². The van der Waals surface area contributed by atoms with Gasteiger partial charge in [0.05, 0.1) is 6.04 Å². The highest BCUT2D eigenvalue weighted by Crippen LogP contribution is 2.48. The van der Waals surface area contributed by atoms with Gasteiger partial charge in [0.2, 0.25) is 5.91 Å². The van der Waals surface area contributed by atoms with Crippen molar-refractivity contribution in [1.82, 2.24) is 5.32 Å². The van der Waals surface area contributed by atoms with E-state index >= 15 is 0 Å². The van der Waals surface area contributed by atoms with Crippen LogP contribution in [-0.4, -0.2) is 39.9 Å². The Kier molecular flexibility index (Phi) is 4.38. The zero-order valence-corrected chi connectivity index (χ0v) is 13.9. The first kappa shape index (κ1) is 16.1. The quantitative estimate of drug-likeness (QED) is 0.672. The fourth-order valence-corrected chi connectivity index (χ4v) is 5.08. The number of hydrogen-bond donors (Lipinski definition) is 3. The average Bonchev–Trinajstić information content (AvgIpc) is 2.72. The number of carbonyl (C=O) groups excluding carboxylic acids is 1. The molecule has 4 N–H and O–H groups in total. The molecule has 0 saturated heterocycles. The SMILES string of the molecule is CC(=O)NC1CCCCC1C1(O)C(N)=NC2CCC(Cl)CC21. The largest absolute Gasteiger partial charge is 0.385 e. The van der Waals surface area contributed by atoms with Gasteiger partial charge in [0.15, 0.2) is 0 Å². The number of nitrogens with zero attached hydrogens (tertiary/aromatic N) is 1. The van der Waals surface area contributed by atoms with Gasteiger partial charge in [0, 0.05) is 30.2 Å². The van der Waals surface area contributed by atoms with Gasteiger partial charge in [-0.2, -0.15) is 0 Å². The van der Waals surface area contributed by atoms with Crippen LogP contribution in [0.4, 0.5) is 0 Å². The van der Waals surface area contributed by atoms with Crippen LogP contribution in [0.1, 0.15) is 51.9 Å². The zero-order chi connectivity index (χ0) is 15.9. The van der Waals surface area contributed by atoms with Gasteiger partial charge in [-0.15, -0.1) is 11.6 Å². The molecule has 0 bridgehead atoms. The van der Waals surface area contributed by atoms with Crippen molar-refractivity contribution in [3.8, 4) is 0 Å². The molecule has 6 unspecified atom stereocenters. The zero-order valence-electron chi connectivity index (χ0n) is 13.1. The van der Waals surface area contributed by atoms with Crippen molar-refractivity contribution in [2.45, 2.75) is 74.9 Å². The van der Waals surface area contributed by atoms with E-state index in [1.807, 2.05) is 0 Å². The van der Waals surface area contributed by atoms with Crippen molar-refractivity contribution in [2.24, 2.45) is 22.6 Å². The number of halogens is 1. The smallest absolute Gasteiger partial charge is 0.217 e. The predicted molar refractivity (Wildman–Crippen MR) is 86.9 cm³/mol. The summed E-state index contributed by atoms with van der Waals surface area (Å²) in [4.78, 5) is 16.1. The molecule has 1 amide bonds. The third kappa shape index (κ3) is 2.62. The van der Waals surface area contributed by atoms with E-state index in [4.69, 9.17) is 17.3 Å². The third-order valence-electron chi connectivity index (χ3n) is 5.75. The van der Waals surface area contributed by atoms with Crippen molar-refractivity contribution < 1.29 is 9.90 Å². The Bertz CT molecular complexity index is 484. The van der Waals surface area contributed by atoms with Crippen LogP contribution in [0.5, 0.6) is 0 Å². The Morgan fingerprint density at radius 1 is 1.32 bits per heavy atom. The molecule has 0 spiro atoms. The average molecular weight is 328 g/mol. The standard InChI is InChI=1S/C16H26ClN3O2/c1-9(21)19-13-5-3-2-4-11(13)16(22)12-8-10(17)6-7-14(12)20-15(16)18/h10-14,22H,2-8H2,1H3,(H2,18,20)(H,19,21). The molecule has 3 rings (SSSR count). The third-order valence-corrected chi connectivity index (χ3v) is 6.15. The second-order valence-corrected chi connectivity index (χ2v) is 7.74. The Morgan fingerprint density at radius 3 is 2.77 bits per heavy atom. The van der Waals surface area contributed by atoms with Gasteiger partial charge in [-0.25, -0.2) is 0 Å². The molecule has 2 aliphatic carbocycles. The maximum Gasteiger partial charge on any atom is 0.217 e. The summed E-state index contributed by atoms with van der Waals surface area (Å²) in [5.41, 5.74) is 5.07. The van der Waals surface area contributed by atoms with Crippen LogP contribution in [0.15, 0.2) is 4.99 Å². The molecule has 2 saturated carbocycles. The predicted octanol–water partition coefficient (Wildman–Crippen LogP) is 1.56. The molecule has 5 nitrogen and oxygen atoms in total. The lowest BCUT2D eigenvalue weighted by atomic mass is 9.64. The molecule has 124 valence electrons. The second kappa shape index (κ2) is 6.00. The molecule has 6 atom stereocenters. The van der Waals surface area contributed by atoms with E-state index in [0.29, 0.717) is 5.84 Å². The van der Waals surface area contributed by atoms with Crippen LogP contribution in [0.2, 0.25) is 0 Å². The molecule has 0 aromatic carbocycles. The molecule has 1 heterocycles. The molecule has 22 heavy (non-hydrogen) atoms. The number of fused-ring (bicyclic) bond motifs is 1. The Labute approximate surface area is 136 Å². The van der Waals surface area contributed by atoms with E-state index in [0.717, 1.165) is 44.9 Å². The molecule has 1 aliphatic heterocycles. The summed E-state index contributed by atoms with van der Waals surface area (Å²) in [5.74, 6) is 0.230. The van der Waals surface area contributed by atoms with Crippen molar-refractivity contribution in [3.63, 3.8) is 0 Å². The van der Waals surface area contributed by atoms with E-state index in [1.165, 1.54) is 6.92 Å². The van der Waals surface area contributed by atoms with E-state index < -0.39 is 5.60 Å². The first-order valence-electron chi connectivity index (χ1n) is 8.40. The monoisotopic (exact) mass is 327 g/mol. The summed E-state index contributed by atoms with van der Waals surface area (Å²) in [6.45, 7) is 1.53. The fraction of sp³-hybridized carbons (Fsp3) is 0.875. The highest BCUT2D eigenvalue weighted by molar-refractivity contribution is 6.20. The number of nitrogens with two attached hydrogens (primary N) is 1. The highest BCUT2D eigenvalue weighted by Gasteiger charge is 2.57. The highest BCUT2D eigenvalue weighted by atomic mass is 35.5. The lowest BCUT2D eigenvalue weighted by molar-refractivity contribution is -0.121. The number of aliphatic imine (C=N–C) groups is 1. The topological polar surface area (TPSA) is 87.7 Å². The van der Waals surface area contributed by atoms with Crippen LogP contribution >= 0.6 is 11.6 Å². The number of hydrogen-bond acceptors (Lipinski definition) is 4. The van der Waals surface area contributed by atoms with Gasteiger partial charge >= 0.3 is 0 Å². The van der Waals surface area contributed by atoms with Crippen molar-refractivity contribution in [1.29, 1.82) is 0 Å². The maximum atomic E-state index is 11.5. The Morgan fingerprint density at radius 2 is 2.05 bits per heavy atom. The molecular weight excluding hydrogens is 302 g/mol. The van der Waals surface area contributed by atoms with E-state index in [9.17, 15) is 9.90 Å². The molecule has 3 aliphatic rings. The number of amidine groups is 1. The molecule has 2 fully saturated rings. The van der Waals surface area contributed by atoms with Crippen LogP contribution in [0, 0.1) is 11.8 Å².